The first-order chi connectivity index (χ1) is 29.1. The summed E-state index contributed by atoms with van der Waals surface area (Å²) in [6.45, 7) is 16.5. The Morgan fingerprint density at radius 2 is 1.38 bits per heavy atom. The van der Waals surface area contributed by atoms with Crippen LogP contribution in [0.3, 0.4) is 0 Å². The van der Waals surface area contributed by atoms with Crippen molar-refractivity contribution in [2.24, 2.45) is 10.9 Å². The molecule has 0 amide bonds. The van der Waals surface area contributed by atoms with E-state index in [1.165, 1.54) is 11.1 Å². The van der Waals surface area contributed by atoms with E-state index in [4.69, 9.17) is 4.99 Å². The lowest BCUT2D eigenvalue weighted by Gasteiger charge is -2.27. The molecule has 0 saturated heterocycles. The van der Waals surface area contributed by atoms with Crippen molar-refractivity contribution in [1.29, 1.82) is 0 Å². The van der Waals surface area contributed by atoms with Gasteiger partial charge in [0, 0.05) is 42.5 Å². The summed E-state index contributed by atoms with van der Waals surface area (Å²) >= 11 is 0. The van der Waals surface area contributed by atoms with Gasteiger partial charge in [-0.05, 0) is 78.5 Å². The molecule has 3 unspecified atom stereocenters. The van der Waals surface area contributed by atoms with Crippen molar-refractivity contribution < 1.29 is 9.13 Å². The van der Waals surface area contributed by atoms with Gasteiger partial charge < -0.3 is 9.13 Å². The van der Waals surface area contributed by atoms with E-state index in [1.807, 2.05) is 85.8 Å². The third kappa shape index (κ3) is 8.31. The zero-order valence-corrected chi connectivity index (χ0v) is 36.8. The van der Waals surface area contributed by atoms with Gasteiger partial charge in [-0.15, -0.1) is 0 Å². The molecule has 3 nitrogen and oxygen atoms in total. The molecule has 0 N–H and O–H groups in total. The van der Waals surface area contributed by atoms with Crippen molar-refractivity contribution in [1.82, 2.24) is 0 Å². The van der Waals surface area contributed by atoms with Crippen LogP contribution in [-0.2, 0) is 9.13 Å². The molecule has 60 heavy (non-hydrogen) atoms. The van der Waals surface area contributed by atoms with Crippen LogP contribution in [0.4, 0.5) is 0 Å². The van der Waals surface area contributed by atoms with Gasteiger partial charge in [0.1, 0.15) is 0 Å². The molecule has 0 radical (unpaired) electrons. The van der Waals surface area contributed by atoms with Crippen LogP contribution in [-0.4, -0.2) is 6.04 Å². The molecule has 1 heterocycles. The van der Waals surface area contributed by atoms with Gasteiger partial charge in [0.15, 0.2) is 14.3 Å². The molecule has 0 bridgehead atoms. The molecule has 1 aliphatic heterocycles. The first-order valence-corrected chi connectivity index (χ1v) is 24.1. The van der Waals surface area contributed by atoms with E-state index in [9.17, 15) is 0 Å². The first kappa shape index (κ1) is 42.3. The van der Waals surface area contributed by atoms with Gasteiger partial charge in [0.2, 0.25) is 0 Å². The maximum Gasteiger partial charge on any atom is 0.171 e. The highest BCUT2D eigenvalue weighted by Crippen LogP contribution is 2.56. The molecular formula is C55H53NO2P2. The fourth-order valence-corrected chi connectivity index (χ4v) is 14.1. The zero-order valence-electron chi connectivity index (χ0n) is 35.0. The molecule has 7 rings (SSSR count). The maximum absolute atomic E-state index is 16.6. The standard InChI is InChI=1S/C55H53NO2P2/c1-7-22-45(9-3)59(57,46-27-14-11-15-28-46)49-37-44(38-50(39-49)60(58,47-29-16-12-17-30-47)48(23-8-2)36-40(4)5)52-33-21-26-42-24-13-10-18-31-51(42)41(6)56-55-53-32-20-19-25-43(53)34-35-54(52)55/h7-23,25-32,34-41H,1,3,24,33H2,2,4-6H3/b23-8-,26-21-,45-22+,48-36+,54-52+,56-55-. The summed E-state index contributed by atoms with van der Waals surface area (Å²) in [5.74, 6) is 0.114. The average Bonchev–Trinajstić information content (AvgIpc) is 3.52. The number of allylic oxidation sites excluding steroid dienone is 14. The van der Waals surface area contributed by atoms with Gasteiger partial charge in [-0.2, -0.15) is 0 Å². The summed E-state index contributed by atoms with van der Waals surface area (Å²) in [6, 6.07) is 38.0. The molecule has 5 heteroatoms. The highest BCUT2D eigenvalue weighted by atomic mass is 31.2. The number of nitrogens with zero attached hydrogens (tertiary/aromatic N) is 1. The molecule has 1 aliphatic carbocycles. The van der Waals surface area contributed by atoms with Gasteiger partial charge in [-0.1, -0.05) is 197 Å². The lowest BCUT2D eigenvalue weighted by molar-refractivity contribution is 0.590. The Morgan fingerprint density at radius 1 is 0.733 bits per heavy atom. The smallest absolute Gasteiger partial charge is 0.171 e. The minimum atomic E-state index is -3.65. The van der Waals surface area contributed by atoms with Crippen molar-refractivity contribution in [2.75, 3.05) is 0 Å². The summed E-state index contributed by atoms with van der Waals surface area (Å²) in [5.41, 5.74) is 4.24. The van der Waals surface area contributed by atoms with E-state index >= 15 is 9.13 Å². The van der Waals surface area contributed by atoms with Crippen LogP contribution in [0.5, 0.6) is 0 Å². The molecule has 5 aromatic rings. The highest BCUT2D eigenvalue weighted by molar-refractivity contribution is 7.84. The average molecular weight is 822 g/mol. The summed E-state index contributed by atoms with van der Waals surface area (Å²) in [4.78, 5) is 5.57. The van der Waals surface area contributed by atoms with Crippen LogP contribution >= 0.6 is 14.3 Å². The lowest BCUT2D eigenvalue weighted by Crippen LogP contribution is -2.31. The lowest BCUT2D eigenvalue weighted by atomic mass is 9.94. The van der Waals surface area contributed by atoms with E-state index in [0.29, 0.717) is 33.0 Å². The van der Waals surface area contributed by atoms with Crippen LogP contribution in [0.1, 0.15) is 46.1 Å². The summed E-state index contributed by atoms with van der Waals surface area (Å²) in [5, 5.41) is 7.86. The molecule has 5 aromatic carbocycles. The fraction of sp³-hybridized carbons (Fsp3) is 0.145. The van der Waals surface area contributed by atoms with Crippen LogP contribution in [0.25, 0.3) is 16.3 Å². The zero-order chi connectivity index (χ0) is 42.3. The third-order valence-electron chi connectivity index (χ3n) is 11.2. The van der Waals surface area contributed by atoms with Crippen molar-refractivity contribution in [3.05, 3.63) is 239 Å². The Hall–Kier alpha value is -5.85. The van der Waals surface area contributed by atoms with E-state index in [-0.39, 0.29) is 12.0 Å². The monoisotopic (exact) mass is 821 g/mol. The summed E-state index contributed by atoms with van der Waals surface area (Å²) < 4.78 is 33.0. The Morgan fingerprint density at radius 3 is 2.02 bits per heavy atom. The topological polar surface area (TPSA) is 46.5 Å². The van der Waals surface area contributed by atoms with Crippen molar-refractivity contribution >= 4 is 51.8 Å². The molecule has 0 saturated carbocycles. The Kier molecular flexibility index (Phi) is 13.1. The fourth-order valence-electron chi connectivity index (χ4n) is 8.34. The van der Waals surface area contributed by atoms with Gasteiger partial charge in [0.25, 0.3) is 0 Å². The predicted molar refractivity (Wildman–Crippen MR) is 260 cm³/mol. The van der Waals surface area contributed by atoms with Gasteiger partial charge in [0.05, 0.1) is 11.4 Å². The Balaban J connectivity index is 1.69. The SMILES string of the molecule is C=C/C=C(\C=C)P(=O)(c1ccccc1)c1cc(/C2=c3\ccc4ccccc4\c3=N\C(C)C3=C(/C=C\C2)CC=CC=C3)cc(P(=O)(C(/C=C\C)=C/C(C)C)c2ccccc2)c1. The van der Waals surface area contributed by atoms with Gasteiger partial charge in [-0.3, -0.25) is 4.99 Å². The van der Waals surface area contributed by atoms with E-state index < -0.39 is 14.3 Å². The van der Waals surface area contributed by atoms with Crippen LogP contribution in [0.15, 0.2) is 228 Å². The summed E-state index contributed by atoms with van der Waals surface area (Å²) in [6.07, 6.45) is 25.6. The second-order valence-electron chi connectivity index (χ2n) is 15.5. The molecule has 0 fully saturated rings. The van der Waals surface area contributed by atoms with Crippen molar-refractivity contribution in [3.8, 4) is 0 Å². The third-order valence-corrected chi connectivity index (χ3v) is 17.3. The predicted octanol–water partition coefficient (Wildman–Crippen LogP) is 11.8. The number of benzene rings is 5. The van der Waals surface area contributed by atoms with E-state index in [0.717, 1.165) is 44.2 Å². The normalized spacial score (nSPS) is 20.0. The summed E-state index contributed by atoms with van der Waals surface area (Å²) in [7, 11) is -7.25. The number of fused-ring (bicyclic) bond motifs is 3. The van der Waals surface area contributed by atoms with Crippen molar-refractivity contribution in [3.63, 3.8) is 0 Å². The minimum Gasteiger partial charge on any atom is -0.309 e. The van der Waals surface area contributed by atoms with Crippen LogP contribution in [0, 0.1) is 5.92 Å². The molecular weight excluding hydrogens is 769 g/mol. The second kappa shape index (κ2) is 18.6. The Bertz CT molecular complexity index is 2900. The molecule has 0 aromatic heterocycles. The van der Waals surface area contributed by atoms with Crippen molar-refractivity contribution in [2.45, 2.75) is 46.6 Å². The minimum absolute atomic E-state index is 0.114. The van der Waals surface area contributed by atoms with E-state index in [2.05, 4.69) is 125 Å². The molecule has 0 spiro atoms. The molecule has 300 valence electrons. The van der Waals surface area contributed by atoms with Crippen LogP contribution in [0.2, 0.25) is 0 Å². The number of rotatable bonds is 11. The highest BCUT2D eigenvalue weighted by Gasteiger charge is 2.36. The number of hydrogen-bond acceptors (Lipinski definition) is 3. The molecule has 3 atom stereocenters. The second-order valence-corrected chi connectivity index (χ2v) is 21.1. The largest absolute Gasteiger partial charge is 0.309 e. The molecule has 2 aliphatic rings. The maximum atomic E-state index is 16.6. The van der Waals surface area contributed by atoms with Gasteiger partial charge >= 0.3 is 0 Å². The van der Waals surface area contributed by atoms with E-state index in [1.54, 1.807) is 18.2 Å². The first-order valence-electron chi connectivity index (χ1n) is 20.7. The quantitative estimate of drug-likeness (QED) is 0.0984. The Labute approximate surface area is 356 Å². The van der Waals surface area contributed by atoms with Crippen LogP contribution < -0.4 is 31.8 Å². The van der Waals surface area contributed by atoms with Gasteiger partial charge in [-0.25, -0.2) is 0 Å². The number of hydrogen-bond donors (Lipinski definition) is 0.